The summed E-state index contributed by atoms with van der Waals surface area (Å²) in [5.74, 6) is -1.85. The van der Waals surface area contributed by atoms with Crippen LogP contribution in [-0.2, 0) is 14.3 Å². The lowest BCUT2D eigenvalue weighted by atomic mass is 10.1. The topological polar surface area (TPSA) is 66.8 Å². The smallest absolute Gasteiger partial charge is 0.307 e. The highest BCUT2D eigenvalue weighted by Gasteiger charge is 2.50. The first-order chi connectivity index (χ1) is 10.1. The number of morpholine rings is 1. The van der Waals surface area contributed by atoms with E-state index in [0.717, 1.165) is 5.56 Å². The van der Waals surface area contributed by atoms with E-state index in [1.54, 1.807) is 11.0 Å². The minimum Gasteiger partial charge on any atom is -0.481 e. The molecule has 1 aliphatic heterocycles. The van der Waals surface area contributed by atoms with Crippen molar-refractivity contribution in [1.29, 1.82) is 0 Å². The monoisotopic (exact) mass is 309 g/mol. The number of aliphatic carboxylic acids is 1. The Bertz CT molecular complexity index is 577. The zero-order chi connectivity index (χ0) is 15.0. The summed E-state index contributed by atoms with van der Waals surface area (Å²) >= 11 is 6.16. The van der Waals surface area contributed by atoms with Crippen molar-refractivity contribution in [3.63, 3.8) is 0 Å². The summed E-state index contributed by atoms with van der Waals surface area (Å²) in [5, 5.41) is 9.54. The zero-order valence-corrected chi connectivity index (χ0v) is 12.1. The fourth-order valence-corrected chi connectivity index (χ4v) is 3.01. The molecule has 3 atom stereocenters. The van der Waals surface area contributed by atoms with E-state index in [1.165, 1.54) is 0 Å². The average Bonchev–Trinajstić information content (AvgIpc) is 3.28. The number of hydrogen-bond acceptors (Lipinski definition) is 3. The van der Waals surface area contributed by atoms with E-state index in [4.69, 9.17) is 21.4 Å². The molecular weight excluding hydrogens is 294 g/mol. The summed E-state index contributed by atoms with van der Waals surface area (Å²) in [6, 6.07) is 7.41. The average molecular weight is 310 g/mol. The summed E-state index contributed by atoms with van der Waals surface area (Å²) in [4.78, 5) is 24.9. The Morgan fingerprint density at radius 2 is 2.05 bits per heavy atom. The first-order valence-corrected chi connectivity index (χ1v) is 7.33. The van der Waals surface area contributed by atoms with Crippen molar-refractivity contribution < 1.29 is 19.4 Å². The molecule has 1 saturated heterocycles. The van der Waals surface area contributed by atoms with Gasteiger partial charge in [-0.3, -0.25) is 9.59 Å². The van der Waals surface area contributed by atoms with E-state index in [1.807, 2.05) is 18.2 Å². The molecule has 0 aromatic heterocycles. The second-order valence-corrected chi connectivity index (χ2v) is 5.86. The molecule has 6 heteroatoms. The standard InChI is InChI=1S/C15H16ClNO4/c16-12-4-2-1-3-9(12)13-8-17(5-6-21-13)14(18)10-7-11(10)15(19)20/h1-4,10-11,13H,5-8H2,(H,19,20)/t10-,11-,13-/m1/s1. The van der Waals surface area contributed by atoms with Crippen molar-refractivity contribution in [2.45, 2.75) is 12.5 Å². The highest BCUT2D eigenvalue weighted by Crippen LogP contribution is 2.41. The number of rotatable bonds is 3. The van der Waals surface area contributed by atoms with Crippen LogP contribution < -0.4 is 0 Å². The normalized spacial score (nSPS) is 28.2. The van der Waals surface area contributed by atoms with Gasteiger partial charge in [0.05, 0.1) is 25.0 Å². The molecule has 0 radical (unpaired) electrons. The van der Waals surface area contributed by atoms with Crippen molar-refractivity contribution in [1.82, 2.24) is 4.90 Å². The molecule has 0 unspecified atom stereocenters. The molecule has 0 bridgehead atoms. The van der Waals surface area contributed by atoms with Gasteiger partial charge in [-0.15, -0.1) is 0 Å². The fourth-order valence-electron chi connectivity index (χ4n) is 2.75. The van der Waals surface area contributed by atoms with E-state index in [0.29, 0.717) is 31.1 Å². The van der Waals surface area contributed by atoms with E-state index in [2.05, 4.69) is 0 Å². The van der Waals surface area contributed by atoms with Crippen LogP contribution in [0.25, 0.3) is 0 Å². The number of benzene rings is 1. The third kappa shape index (κ3) is 2.89. The molecule has 1 amide bonds. The summed E-state index contributed by atoms with van der Waals surface area (Å²) in [6.45, 7) is 1.36. The maximum absolute atomic E-state index is 12.3. The van der Waals surface area contributed by atoms with Crippen LogP contribution in [0.4, 0.5) is 0 Å². The molecule has 1 aliphatic carbocycles. The molecule has 112 valence electrons. The van der Waals surface area contributed by atoms with E-state index >= 15 is 0 Å². The zero-order valence-electron chi connectivity index (χ0n) is 11.4. The van der Waals surface area contributed by atoms with Gasteiger partial charge in [-0.2, -0.15) is 0 Å². The lowest BCUT2D eigenvalue weighted by Crippen LogP contribution is -2.43. The molecule has 1 aromatic rings. The van der Waals surface area contributed by atoms with Crippen LogP contribution in [0, 0.1) is 11.8 Å². The Hall–Kier alpha value is -1.59. The number of amides is 1. The number of carbonyl (C=O) groups excluding carboxylic acids is 1. The van der Waals surface area contributed by atoms with Gasteiger partial charge in [0.15, 0.2) is 0 Å². The number of carboxylic acid groups (broad SMARTS) is 1. The second kappa shape index (κ2) is 5.66. The van der Waals surface area contributed by atoms with E-state index in [9.17, 15) is 9.59 Å². The largest absolute Gasteiger partial charge is 0.481 e. The van der Waals surface area contributed by atoms with Crippen molar-refractivity contribution in [2.75, 3.05) is 19.7 Å². The maximum atomic E-state index is 12.3. The lowest BCUT2D eigenvalue weighted by molar-refractivity contribution is -0.145. The SMILES string of the molecule is O=C(O)[C@@H]1C[C@H]1C(=O)N1CCO[C@@H](c2ccccc2Cl)C1. The Balaban J connectivity index is 1.68. The van der Waals surface area contributed by atoms with Crippen LogP contribution in [0.5, 0.6) is 0 Å². The molecular formula is C15H16ClNO4. The van der Waals surface area contributed by atoms with Gasteiger partial charge in [0.25, 0.3) is 0 Å². The van der Waals surface area contributed by atoms with E-state index in [-0.39, 0.29) is 17.9 Å². The van der Waals surface area contributed by atoms with Crippen molar-refractivity contribution in [3.05, 3.63) is 34.9 Å². The Labute approximate surface area is 127 Å². The Morgan fingerprint density at radius 1 is 1.29 bits per heavy atom. The molecule has 2 fully saturated rings. The highest BCUT2D eigenvalue weighted by molar-refractivity contribution is 6.31. The maximum Gasteiger partial charge on any atom is 0.307 e. The van der Waals surface area contributed by atoms with Gasteiger partial charge in [-0.05, 0) is 12.5 Å². The van der Waals surface area contributed by atoms with Gasteiger partial charge in [-0.1, -0.05) is 29.8 Å². The molecule has 0 spiro atoms. The highest BCUT2D eigenvalue weighted by atomic mass is 35.5. The van der Waals surface area contributed by atoms with Crippen LogP contribution in [-0.4, -0.2) is 41.6 Å². The van der Waals surface area contributed by atoms with Crippen LogP contribution in [0.2, 0.25) is 5.02 Å². The second-order valence-electron chi connectivity index (χ2n) is 5.45. The van der Waals surface area contributed by atoms with Crippen LogP contribution in [0.15, 0.2) is 24.3 Å². The molecule has 1 saturated carbocycles. The van der Waals surface area contributed by atoms with Crippen molar-refractivity contribution >= 4 is 23.5 Å². The summed E-state index contributed by atoms with van der Waals surface area (Å²) in [6.07, 6.45) is 0.195. The first-order valence-electron chi connectivity index (χ1n) is 6.95. The minimum atomic E-state index is -0.885. The molecule has 3 rings (SSSR count). The van der Waals surface area contributed by atoms with Crippen LogP contribution >= 0.6 is 11.6 Å². The molecule has 1 aromatic carbocycles. The van der Waals surface area contributed by atoms with Gasteiger partial charge in [0, 0.05) is 17.1 Å². The third-order valence-corrected chi connectivity index (χ3v) is 4.40. The molecule has 2 aliphatic rings. The molecule has 1 N–H and O–H groups in total. The number of carbonyl (C=O) groups is 2. The minimum absolute atomic E-state index is 0.0808. The predicted molar refractivity (Wildman–Crippen MR) is 76.0 cm³/mol. The number of ether oxygens (including phenoxy) is 1. The fraction of sp³-hybridized carbons (Fsp3) is 0.467. The van der Waals surface area contributed by atoms with Crippen LogP contribution in [0.3, 0.4) is 0 Å². The van der Waals surface area contributed by atoms with E-state index < -0.39 is 11.9 Å². The van der Waals surface area contributed by atoms with Gasteiger partial charge >= 0.3 is 5.97 Å². The van der Waals surface area contributed by atoms with Crippen molar-refractivity contribution in [2.24, 2.45) is 11.8 Å². The number of nitrogens with zero attached hydrogens (tertiary/aromatic N) is 1. The lowest BCUT2D eigenvalue weighted by Gasteiger charge is -2.33. The quantitative estimate of drug-likeness (QED) is 0.927. The Morgan fingerprint density at radius 3 is 2.71 bits per heavy atom. The first kappa shape index (κ1) is 14.4. The molecule has 1 heterocycles. The Kier molecular flexibility index (Phi) is 3.87. The summed E-state index contributed by atoms with van der Waals surface area (Å²) in [7, 11) is 0. The summed E-state index contributed by atoms with van der Waals surface area (Å²) < 4.78 is 5.71. The molecule has 21 heavy (non-hydrogen) atoms. The van der Waals surface area contributed by atoms with Gasteiger partial charge in [0.1, 0.15) is 6.10 Å². The van der Waals surface area contributed by atoms with Gasteiger partial charge in [0.2, 0.25) is 5.91 Å². The third-order valence-electron chi connectivity index (χ3n) is 4.06. The molecule has 5 nitrogen and oxygen atoms in total. The van der Waals surface area contributed by atoms with Crippen molar-refractivity contribution in [3.8, 4) is 0 Å². The van der Waals surface area contributed by atoms with Crippen LogP contribution in [0.1, 0.15) is 18.1 Å². The number of halogens is 1. The predicted octanol–water partition coefficient (Wildman–Crippen LogP) is 1.96. The number of carboxylic acids is 1. The summed E-state index contributed by atoms with van der Waals surface area (Å²) in [5.41, 5.74) is 0.863. The van der Waals surface area contributed by atoms with Gasteiger partial charge in [-0.25, -0.2) is 0 Å². The number of hydrogen-bond donors (Lipinski definition) is 1. The van der Waals surface area contributed by atoms with Gasteiger partial charge < -0.3 is 14.7 Å².